The number of aliphatic hydroxyl groups is 2. The van der Waals surface area contributed by atoms with E-state index in [1.54, 1.807) is 0 Å². The molecule has 1 amide bonds. The van der Waals surface area contributed by atoms with Gasteiger partial charge in [-0.05, 0) is 51.4 Å². The van der Waals surface area contributed by atoms with E-state index in [1.165, 1.54) is 218 Å². The molecule has 0 bridgehead atoms. The molecule has 3 N–H and O–H groups in total. The second kappa shape index (κ2) is 51.6. The number of carbonyl (C=O) groups excluding carboxylic acids is 2. The van der Waals surface area contributed by atoms with Gasteiger partial charge in [0.25, 0.3) is 0 Å². The zero-order valence-corrected chi connectivity index (χ0v) is 42.7. The second-order valence-electron chi connectivity index (χ2n) is 19.7. The summed E-state index contributed by atoms with van der Waals surface area (Å²) in [6.45, 7) is 6.51. The highest BCUT2D eigenvalue weighted by Crippen LogP contribution is 2.19. The van der Waals surface area contributed by atoms with Crippen LogP contribution in [0.15, 0.2) is 12.2 Å². The minimum atomic E-state index is -0.783. The summed E-state index contributed by atoms with van der Waals surface area (Å²) in [4.78, 5) is 26.2. The van der Waals surface area contributed by atoms with Gasteiger partial charge in [-0.15, -0.1) is 0 Å². The van der Waals surface area contributed by atoms with Crippen LogP contribution < -0.4 is 5.32 Å². The maximum Gasteiger partial charge on any atom is 0.306 e. The lowest BCUT2D eigenvalue weighted by Gasteiger charge is -2.24. The van der Waals surface area contributed by atoms with Gasteiger partial charge in [0, 0.05) is 6.42 Å². The number of unbranched alkanes of at least 4 members (excludes halogenated alkanes) is 38. The Morgan fingerprint density at radius 2 is 0.762 bits per heavy atom. The zero-order valence-electron chi connectivity index (χ0n) is 42.7. The summed E-state index contributed by atoms with van der Waals surface area (Å²) in [6, 6.07) is -0.696. The van der Waals surface area contributed by atoms with Crippen LogP contribution in [0.5, 0.6) is 0 Å². The molecule has 0 radical (unpaired) electrons. The van der Waals surface area contributed by atoms with Crippen molar-refractivity contribution >= 4 is 11.9 Å². The number of allylic oxidation sites excluding steroid dienone is 2. The maximum atomic E-state index is 13.2. The fraction of sp³-hybridized carbons (Fsp3) is 0.930. The minimum absolute atomic E-state index is 0.0821. The number of hydrogen-bond acceptors (Lipinski definition) is 5. The Morgan fingerprint density at radius 1 is 0.444 bits per heavy atom. The summed E-state index contributed by atoms with van der Waals surface area (Å²) in [7, 11) is 0. The summed E-state index contributed by atoms with van der Waals surface area (Å²) >= 11 is 0. The van der Waals surface area contributed by atoms with E-state index < -0.39 is 18.2 Å². The largest absolute Gasteiger partial charge is 0.462 e. The monoisotopic (exact) mass is 890 g/mol. The van der Waals surface area contributed by atoms with Gasteiger partial charge in [-0.3, -0.25) is 9.59 Å². The van der Waals surface area contributed by atoms with Gasteiger partial charge in [0.2, 0.25) is 5.91 Å². The molecule has 0 saturated carbocycles. The molecule has 6 nitrogen and oxygen atoms in total. The molecule has 6 heteroatoms. The molecule has 0 fully saturated rings. The molecule has 0 aliphatic carbocycles. The Kier molecular flexibility index (Phi) is 50.4. The summed E-state index contributed by atoms with van der Waals surface area (Å²) in [5.74, 6) is -0.462. The molecule has 0 aromatic rings. The fourth-order valence-electron chi connectivity index (χ4n) is 9.02. The van der Waals surface area contributed by atoms with Crippen LogP contribution in [0, 0.1) is 0 Å². The Morgan fingerprint density at radius 3 is 1.13 bits per heavy atom. The van der Waals surface area contributed by atoms with Crippen molar-refractivity contribution in [3.8, 4) is 0 Å². The quantitative estimate of drug-likeness (QED) is 0.0321. The van der Waals surface area contributed by atoms with Crippen molar-refractivity contribution in [2.45, 2.75) is 334 Å². The summed E-state index contributed by atoms with van der Waals surface area (Å²) in [5.41, 5.74) is 0. The average Bonchev–Trinajstić information content (AvgIpc) is 3.28. The van der Waals surface area contributed by atoms with Crippen molar-refractivity contribution in [2.75, 3.05) is 6.61 Å². The maximum absolute atomic E-state index is 13.2. The molecule has 0 heterocycles. The lowest BCUT2D eigenvalue weighted by atomic mass is 10.0. The van der Waals surface area contributed by atoms with Gasteiger partial charge in [-0.1, -0.05) is 264 Å². The van der Waals surface area contributed by atoms with Gasteiger partial charge in [0.1, 0.15) is 6.10 Å². The number of ether oxygens (including phenoxy) is 1. The lowest BCUT2D eigenvalue weighted by molar-refractivity contribution is -0.151. The van der Waals surface area contributed by atoms with Gasteiger partial charge in [-0.25, -0.2) is 0 Å². The molecular weight excluding hydrogens is 779 g/mol. The second-order valence-corrected chi connectivity index (χ2v) is 19.7. The molecule has 63 heavy (non-hydrogen) atoms. The van der Waals surface area contributed by atoms with Gasteiger partial charge in [-0.2, -0.15) is 0 Å². The predicted octanol–water partition coefficient (Wildman–Crippen LogP) is 17.3. The van der Waals surface area contributed by atoms with Gasteiger partial charge >= 0.3 is 5.97 Å². The van der Waals surface area contributed by atoms with E-state index in [4.69, 9.17) is 4.74 Å². The van der Waals surface area contributed by atoms with Crippen LogP contribution in [-0.4, -0.2) is 46.9 Å². The van der Waals surface area contributed by atoms with Crippen LogP contribution in [0.1, 0.15) is 316 Å². The average molecular weight is 891 g/mol. The van der Waals surface area contributed by atoms with Crippen molar-refractivity contribution in [1.29, 1.82) is 0 Å². The minimum Gasteiger partial charge on any atom is -0.462 e. The number of aliphatic hydroxyl groups excluding tert-OH is 2. The van der Waals surface area contributed by atoms with E-state index in [2.05, 4.69) is 38.2 Å². The number of hydrogen-bond donors (Lipinski definition) is 3. The smallest absolute Gasteiger partial charge is 0.306 e. The van der Waals surface area contributed by atoms with Gasteiger partial charge < -0.3 is 20.3 Å². The van der Waals surface area contributed by atoms with E-state index in [0.29, 0.717) is 19.3 Å². The standard InChI is InChI=1S/C57H111NO5/c1-4-7-10-13-16-19-22-24-26-28-29-31-34-36-39-42-45-48-53(63-57(62)50-47-44-41-38-35-32-30-27-25-23-20-17-14-11-8-5-2)51-56(61)58-54(52-59)55(60)49-46-43-40-37-33-21-18-15-12-9-6-3/h27,30,53-55,59-60H,4-26,28-29,31-52H2,1-3H3,(H,58,61)/b30-27+. The number of rotatable bonds is 52. The first kappa shape index (κ1) is 61.6. The molecule has 3 atom stereocenters. The number of nitrogens with one attached hydrogen (secondary N) is 1. The van der Waals surface area contributed by atoms with Crippen LogP contribution in [0.3, 0.4) is 0 Å². The summed E-state index contributed by atoms with van der Waals surface area (Å²) in [6.07, 6.45) is 58.5. The molecule has 0 aliphatic rings. The van der Waals surface area contributed by atoms with E-state index in [9.17, 15) is 19.8 Å². The molecule has 374 valence electrons. The van der Waals surface area contributed by atoms with Crippen LogP contribution in [0.4, 0.5) is 0 Å². The molecule has 3 unspecified atom stereocenters. The topological polar surface area (TPSA) is 95.9 Å². The molecular formula is C57H111NO5. The van der Waals surface area contributed by atoms with Gasteiger partial charge in [0.05, 0.1) is 25.2 Å². The number of amides is 1. The van der Waals surface area contributed by atoms with Crippen molar-refractivity contribution < 1.29 is 24.5 Å². The third-order valence-electron chi connectivity index (χ3n) is 13.3. The third-order valence-corrected chi connectivity index (χ3v) is 13.3. The van der Waals surface area contributed by atoms with Crippen molar-refractivity contribution in [1.82, 2.24) is 5.32 Å². The van der Waals surface area contributed by atoms with Gasteiger partial charge in [0.15, 0.2) is 0 Å². The van der Waals surface area contributed by atoms with E-state index >= 15 is 0 Å². The Balaban J connectivity index is 4.53. The van der Waals surface area contributed by atoms with Crippen molar-refractivity contribution in [2.24, 2.45) is 0 Å². The van der Waals surface area contributed by atoms with Crippen LogP contribution in [0.2, 0.25) is 0 Å². The summed E-state index contributed by atoms with van der Waals surface area (Å²) in [5, 5.41) is 23.8. The molecule has 0 aliphatic heterocycles. The fourth-order valence-corrected chi connectivity index (χ4v) is 9.02. The summed E-state index contributed by atoms with van der Waals surface area (Å²) < 4.78 is 5.96. The molecule has 0 saturated heterocycles. The Labute approximate surface area is 393 Å². The van der Waals surface area contributed by atoms with E-state index in [-0.39, 0.29) is 24.9 Å². The van der Waals surface area contributed by atoms with Crippen molar-refractivity contribution in [3.63, 3.8) is 0 Å². The first-order valence-electron chi connectivity index (χ1n) is 28.4. The Bertz CT molecular complexity index is 955. The third kappa shape index (κ3) is 46.9. The highest BCUT2D eigenvalue weighted by atomic mass is 16.5. The number of carbonyl (C=O) groups is 2. The SMILES string of the molecule is CCCCCCCCC/C=C/CCCCCCCC(=O)OC(CCCCCCCCCCCCCCCCCCC)CC(=O)NC(CO)C(O)CCCCCCCCCCCCC. The highest BCUT2D eigenvalue weighted by Gasteiger charge is 2.24. The first-order valence-corrected chi connectivity index (χ1v) is 28.4. The molecule has 0 aromatic carbocycles. The highest BCUT2D eigenvalue weighted by molar-refractivity contribution is 5.77. The first-order chi connectivity index (χ1) is 31.0. The molecule has 0 rings (SSSR count). The van der Waals surface area contributed by atoms with E-state index in [0.717, 1.165) is 51.4 Å². The Hall–Kier alpha value is -1.40. The normalized spacial score (nSPS) is 13.2. The van der Waals surface area contributed by atoms with E-state index in [1.807, 2.05) is 0 Å². The molecule has 0 aromatic heterocycles. The zero-order chi connectivity index (χ0) is 45.9. The lowest BCUT2D eigenvalue weighted by Crippen LogP contribution is -2.46. The molecule has 0 spiro atoms. The van der Waals surface area contributed by atoms with Crippen LogP contribution >= 0.6 is 0 Å². The predicted molar refractivity (Wildman–Crippen MR) is 273 cm³/mol. The van der Waals surface area contributed by atoms with Crippen LogP contribution in [-0.2, 0) is 14.3 Å². The number of esters is 1. The van der Waals surface area contributed by atoms with Crippen molar-refractivity contribution in [3.05, 3.63) is 12.2 Å². The van der Waals surface area contributed by atoms with Crippen LogP contribution in [0.25, 0.3) is 0 Å².